The lowest BCUT2D eigenvalue weighted by Gasteiger charge is -2.46. The second kappa shape index (κ2) is 13.4. The van der Waals surface area contributed by atoms with Crippen LogP contribution in [-0.4, -0.2) is 57.8 Å². The van der Waals surface area contributed by atoms with Crippen LogP contribution in [0.1, 0.15) is 66.9 Å². The van der Waals surface area contributed by atoms with E-state index in [4.69, 9.17) is 25.8 Å². The number of carbonyl (C=O) groups excluding carboxylic acids is 1. The minimum absolute atomic E-state index is 0.0666. The number of anilines is 1. The van der Waals surface area contributed by atoms with Crippen molar-refractivity contribution >= 4 is 35.1 Å². The molecule has 0 aromatic heterocycles. The van der Waals surface area contributed by atoms with Crippen LogP contribution < -0.4 is 14.4 Å². The normalized spacial score (nSPS) is 31.6. The van der Waals surface area contributed by atoms with Crippen LogP contribution in [0.5, 0.6) is 5.75 Å². The highest BCUT2D eigenvalue weighted by Gasteiger charge is 2.44. The maximum absolute atomic E-state index is 13.5. The van der Waals surface area contributed by atoms with Gasteiger partial charge in [-0.15, -0.1) is 0 Å². The van der Waals surface area contributed by atoms with E-state index in [9.17, 15) is 4.79 Å². The van der Waals surface area contributed by atoms with E-state index in [1.165, 1.54) is 35.9 Å². The Hall–Kier alpha value is -2.19. The Balaban J connectivity index is 1.37. The number of carbonyl (C=O) groups is 1. The van der Waals surface area contributed by atoms with Crippen molar-refractivity contribution in [3.8, 4) is 5.75 Å². The fraction of sp³-hybridized carbons (Fsp3) is 0.571. The van der Waals surface area contributed by atoms with Crippen molar-refractivity contribution in [2.75, 3.05) is 45.4 Å². The standard InChI is InChI=1S/C35H45ClN2O4S/c1-23-6-12-32(41-3)29-10-7-26(29)20-38-21-35(15-4-5-24-18-27(36)9-11-30(24)35)22-42-33-13-8-25(19-31(33)38)34(39)37-43-28(17-23)14-16-40-2/h6,8-9,11-13,18-19,23,26,28-29,32H,4-5,7,10,14-17,20-22H2,1-3H3,(H,37,39)/b12-6-/t23-,26+,28-,29-,32+,35+/m1/s1. The highest BCUT2D eigenvalue weighted by molar-refractivity contribution is 7.98. The predicted octanol–water partition coefficient (Wildman–Crippen LogP) is 7.23. The predicted molar refractivity (Wildman–Crippen MR) is 175 cm³/mol. The third-order valence-electron chi connectivity index (χ3n) is 10.2. The average Bonchev–Trinajstić information content (AvgIpc) is 3.14. The first-order valence-corrected chi connectivity index (χ1v) is 17.1. The summed E-state index contributed by atoms with van der Waals surface area (Å²) in [7, 11) is 3.58. The minimum Gasteiger partial charge on any atom is -0.490 e. The lowest BCUT2D eigenvalue weighted by Crippen LogP contribution is -2.49. The summed E-state index contributed by atoms with van der Waals surface area (Å²) in [6, 6.07) is 12.4. The van der Waals surface area contributed by atoms with Gasteiger partial charge in [0.05, 0.1) is 18.4 Å². The van der Waals surface area contributed by atoms with Gasteiger partial charge in [0, 0.05) is 55.2 Å². The SMILES string of the molecule is COCC[C@@H]1C[C@H](C)/C=C\[C@H](OC)[C@@H]2CC[C@H]2CN2C[C@@]3(CCCc4cc(Cl)ccc43)COc3ccc(cc32)C(=O)NS1. The highest BCUT2D eigenvalue weighted by atomic mass is 35.5. The molecule has 1 amide bonds. The lowest BCUT2D eigenvalue weighted by molar-refractivity contribution is 0.0130. The molecule has 2 aromatic rings. The first kappa shape index (κ1) is 30.8. The number of nitrogens with zero attached hydrogens (tertiary/aromatic N) is 1. The summed E-state index contributed by atoms with van der Waals surface area (Å²) in [5, 5.41) is 1.04. The number of aryl methyl sites for hydroxylation is 1. The van der Waals surface area contributed by atoms with Gasteiger partial charge in [-0.3, -0.25) is 9.52 Å². The number of amides is 1. The number of nitrogens with one attached hydrogen (secondary N) is 1. The Labute approximate surface area is 266 Å². The molecule has 43 heavy (non-hydrogen) atoms. The lowest BCUT2D eigenvalue weighted by atomic mass is 9.68. The van der Waals surface area contributed by atoms with Crippen LogP contribution in [0, 0.1) is 17.8 Å². The number of hydrogen-bond donors (Lipinski definition) is 1. The number of fused-ring (bicyclic) bond motifs is 4. The Morgan fingerprint density at radius 1 is 1.16 bits per heavy atom. The van der Waals surface area contributed by atoms with Crippen LogP contribution in [0.3, 0.4) is 0 Å². The number of benzene rings is 2. The molecule has 2 aromatic carbocycles. The first-order valence-electron chi connectivity index (χ1n) is 15.9. The molecule has 0 saturated heterocycles. The van der Waals surface area contributed by atoms with E-state index in [0.29, 0.717) is 36.5 Å². The van der Waals surface area contributed by atoms with Crippen molar-refractivity contribution in [1.82, 2.24) is 4.72 Å². The van der Waals surface area contributed by atoms with E-state index in [1.807, 2.05) is 25.3 Å². The van der Waals surface area contributed by atoms with Gasteiger partial charge >= 0.3 is 0 Å². The van der Waals surface area contributed by atoms with E-state index in [0.717, 1.165) is 61.7 Å². The Kier molecular flexibility index (Phi) is 9.63. The largest absolute Gasteiger partial charge is 0.490 e. The maximum atomic E-state index is 13.5. The van der Waals surface area contributed by atoms with Gasteiger partial charge in [-0.05, 0) is 116 Å². The van der Waals surface area contributed by atoms with Crippen LogP contribution in [0.15, 0.2) is 48.6 Å². The molecule has 6 nitrogen and oxygen atoms in total. The Morgan fingerprint density at radius 2 is 2.05 bits per heavy atom. The zero-order valence-corrected chi connectivity index (χ0v) is 27.2. The van der Waals surface area contributed by atoms with Gasteiger partial charge in [0.15, 0.2) is 0 Å². The van der Waals surface area contributed by atoms with E-state index in [2.05, 4.69) is 46.9 Å². The van der Waals surface area contributed by atoms with Crippen molar-refractivity contribution in [2.45, 2.75) is 68.6 Å². The number of hydrogen-bond acceptors (Lipinski definition) is 6. The van der Waals surface area contributed by atoms with Crippen molar-refractivity contribution < 1.29 is 19.0 Å². The smallest absolute Gasteiger partial charge is 0.261 e. The molecule has 4 aliphatic rings. The van der Waals surface area contributed by atoms with E-state index >= 15 is 0 Å². The van der Waals surface area contributed by atoms with Crippen LogP contribution in [0.2, 0.25) is 5.02 Å². The zero-order chi connectivity index (χ0) is 30.0. The fourth-order valence-corrected chi connectivity index (χ4v) is 8.85. The van der Waals surface area contributed by atoms with Gasteiger partial charge in [-0.25, -0.2) is 0 Å². The first-order chi connectivity index (χ1) is 20.9. The molecule has 8 heteroatoms. The highest BCUT2D eigenvalue weighted by Crippen LogP contribution is 2.47. The molecule has 2 bridgehead atoms. The van der Waals surface area contributed by atoms with Gasteiger partial charge in [-0.2, -0.15) is 0 Å². The molecule has 0 unspecified atom stereocenters. The topological polar surface area (TPSA) is 60.0 Å². The van der Waals surface area contributed by atoms with Crippen molar-refractivity contribution in [3.05, 3.63) is 70.3 Å². The molecule has 1 fully saturated rings. The van der Waals surface area contributed by atoms with Gasteiger partial charge in [0.2, 0.25) is 0 Å². The zero-order valence-electron chi connectivity index (χ0n) is 25.7. The summed E-state index contributed by atoms with van der Waals surface area (Å²) in [4.78, 5) is 16.0. The molecule has 2 heterocycles. The average molecular weight is 625 g/mol. The third-order valence-corrected chi connectivity index (χ3v) is 11.5. The van der Waals surface area contributed by atoms with E-state index in [-0.39, 0.29) is 22.7 Å². The summed E-state index contributed by atoms with van der Waals surface area (Å²) in [5.41, 5.74) is 4.24. The summed E-state index contributed by atoms with van der Waals surface area (Å²) in [5.74, 6) is 2.12. The molecule has 2 aliphatic heterocycles. The summed E-state index contributed by atoms with van der Waals surface area (Å²) < 4.78 is 21.3. The number of methoxy groups -OCH3 is 2. The fourth-order valence-electron chi connectivity index (χ4n) is 7.65. The van der Waals surface area contributed by atoms with Gasteiger partial charge in [0.1, 0.15) is 5.75 Å². The molecular weight excluding hydrogens is 580 g/mol. The molecule has 6 atom stereocenters. The second-order valence-corrected chi connectivity index (χ2v) is 14.6. The number of rotatable bonds is 4. The molecule has 1 N–H and O–H groups in total. The second-order valence-electron chi connectivity index (χ2n) is 13.0. The number of allylic oxidation sites excluding steroid dienone is 1. The van der Waals surface area contributed by atoms with Gasteiger partial charge in [0.25, 0.3) is 5.91 Å². The van der Waals surface area contributed by atoms with Gasteiger partial charge < -0.3 is 19.1 Å². The van der Waals surface area contributed by atoms with Crippen LogP contribution >= 0.6 is 23.5 Å². The minimum atomic E-state index is -0.139. The number of ether oxygens (including phenoxy) is 3. The van der Waals surface area contributed by atoms with Crippen LogP contribution in [0.4, 0.5) is 5.69 Å². The summed E-state index contributed by atoms with van der Waals surface area (Å²) in [6.45, 7) is 5.29. The van der Waals surface area contributed by atoms with E-state index < -0.39 is 0 Å². The quantitative estimate of drug-likeness (QED) is 0.286. The molecule has 0 radical (unpaired) electrons. The van der Waals surface area contributed by atoms with Crippen molar-refractivity contribution in [2.24, 2.45) is 17.8 Å². The number of halogens is 1. The summed E-state index contributed by atoms with van der Waals surface area (Å²) in [6.07, 6.45) is 12.1. The summed E-state index contributed by atoms with van der Waals surface area (Å²) >= 11 is 7.96. The van der Waals surface area contributed by atoms with Gasteiger partial charge in [-0.1, -0.05) is 36.7 Å². The monoisotopic (exact) mass is 624 g/mol. The molecule has 1 saturated carbocycles. The van der Waals surface area contributed by atoms with Crippen LogP contribution in [0.25, 0.3) is 0 Å². The van der Waals surface area contributed by atoms with E-state index in [1.54, 1.807) is 7.11 Å². The van der Waals surface area contributed by atoms with Crippen molar-refractivity contribution in [1.29, 1.82) is 0 Å². The van der Waals surface area contributed by atoms with Crippen LogP contribution in [-0.2, 0) is 21.3 Å². The molecule has 1 spiro atoms. The maximum Gasteiger partial charge on any atom is 0.261 e. The molecule has 2 aliphatic carbocycles. The third kappa shape index (κ3) is 6.61. The Morgan fingerprint density at radius 3 is 2.84 bits per heavy atom. The molecular formula is C35H45ClN2O4S. The van der Waals surface area contributed by atoms with Crippen molar-refractivity contribution in [3.63, 3.8) is 0 Å². The Bertz CT molecular complexity index is 1340. The molecule has 232 valence electrons. The molecule has 6 rings (SSSR count).